The number of hydrogen-bond acceptors (Lipinski definition) is 4. The third-order valence-electron chi connectivity index (χ3n) is 4.97. The van der Waals surface area contributed by atoms with Crippen molar-refractivity contribution in [1.82, 2.24) is 10.4 Å². The minimum absolute atomic E-state index is 0.0527. The van der Waals surface area contributed by atoms with Crippen molar-refractivity contribution in [3.05, 3.63) is 82.2 Å². The van der Waals surface area contributed by atoms with Gasteiger partial charge in [-0.05, 0) is 59.9 Å². The summed E-state index contributed by atoms with van der Waals surface area (Å²) >= 11 is 1.33. The molecule has 0 aliphatic carbocycles. The minimum atomic E-state index is -0.509. The van der Waals surface area contributed by atoms with E-state index in [9.17, 15) is 9.59 Å². The number of aryl methyl sites for hydroxylation is 1. The normalized spacial score (nSPS) is 13.5. The number of benzene rings is 2. The van der Waals surface area contributed by atoms with Crippen LogP contribution in [0.2, 0.25) is 0 Å². The Morgan fingerprint density at radius 1 is 1.00 bits per heavy atom. The van der Waals surface area contributed by atoms with Crippen molar-refractivity contribution < 1.29 is 14.8 Å². The second-order valence-electron chi connectivity index (χ2n) is 6.78. The van der Waals surface area contributed by atoms with E-state index in [1.165, 1.54) is 16.9 Å². The molecule has 0 bridgehead atoms. The van der Waals surface area contributed by atoms with Crippen molar-refractivity contribution in [3.8, 4) is 10.4 Å². The second-order valence-corrected chi connectivity index (χ2v) is 7.87. The number of thiophene rings is 1. The highest BCUT2D eigenvalue weighted by molar-refractivity contribution is 7.17. The summed E-state index contributed by atoms with van der Waals surface area (Å²) in [7, 11) is 0. The number of carbonyl (C=O) groups excluding carboxylic acids is 2. The highest BCUT2D eigenvalue weighted by Crippen LogP contribution is 2.31. The van der Waals surface area contributed by atoms with Crippen molar-refractivity contribution in [2.24, 2.45) is 0 Å². The average Bonchev–Trinajstić information content (AvgIpc) is 3.14. The van der Waals surface area contributed by atoms with E-state index in [0.29, 0.717) is 17.0 Å². The molecule has 1 aliphatic heterocycles. The van der Waals surface area contributed by atoms with Crippen LogP contribution in [0.3, 0.4) is 0 Å². The highest BCUT2D eigenvalue weighted by Gasteiger charge is 2.21. The van der Waals surface area contributed by atoms with Gasteiger partial charge in [-0.3, -0.25) is 14.8 Å². The van der Waals surface area contributed by atoms with Crippen LogP contribution in [0.5, 0.6) is 0 Å². The van der Waals surface area contributed by atoms with Gasteiger partial charge in [0.1, 0.15) is 0 Å². The molecule has 6 heteroatoms. The maximum absolute atomic E-state index is 12.9. The van der Waals surface area contributed by atoms with E-state index in [-0.39, 0.29) is 5.91 Å². The zero-order chi connectivity index (χ0) is 19.5. The molecule has 2 aromatic carbocycles. The average molecular weight is 392 g/mol. The second kappa shape index (κ2) is 7.96. The third kappa shape index (κ3) is 3.69. The molecule has 142 valence electrons. The summed E-state index contributed by atoms with van der Waals surface area (Å²) in [6, 6.07) is 19.2. The first kappa shape index (κ1) is 18.4. The van der Waals surface area contributed by atoms with E-state index in [1.807, 2.05) is 41.3 Å². The summed E-state index contributed by atoms with van der Waals surface area (Å²) in [5.74, 6) is -0.456. The Bertz CT molecular complexity index is 1010. The fourth-order valence-electron chi connectivity index (χ4n) is 3.52. The molecule has 0 atom stereocenters. The Morgan fingerprint density at radius 3 is 2.61 bits per heavy atom. The molecule has 0 saturated heterocycles. The number of fused-ring (bicyclic) bond motifs is 1. The largest absolute Gasteiger partial charge is 0.334 e. The van der Waals surface area contributed by atoms with Gasteiger partial charge in [0.15, 0.2) is 0 Å². The summed E-state index contributed by atoms with van der Waals surface area (Å²) in [6.07, 6.45) is 1.88. The van der Waals surface area contributed by atoms with Crippen LogP contribution in [0.1, 0.15) is 37.6 Å². The van der Waals surface area contributed by atoms with Crippen LogP contribution < -0.4 is 5.48 Å². The van der Waals surface area contributed by atoms with Crippen LogP contribution in [0.15, 0.2) is 60.7 Å². The molecular formula is C22H20N2O3S. The Hall–Kier alpha value is -2.96. The molecule has 2 heterocycles. The molecule has 1 aromatic heterocycles. The lowest BCUT2D eigenvalue weighted by molar-refractivity contribution is 0.0710. The Balaban J connectivity index is 1.61. The van der Waals surface area contributed by atoms with Crippen LogP contribution in [0.4, 0.5) is 0 Å². The van der Waals surface area contributed by atoms with Gasteiger partial charge in [-0.2, -0.15) is 0 Å². The lowest BCUT2D eigenvalue weighted by Gasteiger charge is -2.21. The molecule has 0 fully saturated rings. The number of amides is 2. The van der Waals surface area contributed by atoms with Gasteiger partial charge < -0.3 is 4.90 Å². The molecule has 0 radical (unpaired) electrons. The van der Waals surface area contributed by atoms with Gasteiger partial charge >= 0.3 is 0 Å². The lowest BCUT2D eigenvalue weighted by Crippen LogP contribution is -2.30. The minimum Gasteiger partial charge on any atom is -0.334 e. The third-order valence-corrected chi connectivity index (χ3v) is 6.10. The number of nitrogens with zero attached hydrogens (tertiary/aromatic N) is 1. The molecule has 0 saturated carbocycles. The van der Waals surface area contributed by atoms with Gasteiger partial charge in [0, 0.05) is 23.5 Å². The van der Waals surface area contributed by atoms with Gasteiger partial charge in [-0.25, -0.2) is 5.48 Å². The van der Waals surface area contributed by atoms with Crippen molar-refractivity contribution in [2.45, 2.75) is 19.4 Å². The number of hydrogen-bond donors (Lipinski definition) is 2. The van der Waals surface area contributed by atoms with Crippen molar-refractivity contribution in [2.75, 3.05) is 6.54 Å². The van der Waals surface area contributed by atoms with Crippen LogP contribution in [-0.2, 0) is 13.0 Å². The quantitative estimate of drug-likeness (QED) is 0.520. The fraction of sp³-hybridized carbons (Fsp3) is 0.182. The van der Waals surface area contributed by atoms with E-state index < -0.39 is 5.91 Å². The maximum Gasteiger partial charge on any atom is 0.284 e. The first-order valence-electron chi connectivity index (χ1n) is 9.16. The standard InChI is InChI=1S/C22H20N2O3S/c25-21(23-27)20-11-10-19(28-20)17-9-8-15-7-4-12-24(14-18(15)13-17)22(26)16-5-2-1-3-6-16/h1-3,5-6,8-11,13,27H,4,7,12,14H2,(H,23,25). The number of carbonyl (C=O) groups is 2. The summed E-state index contributed by atoms with van der Waals surface area (Å²) in [4.78, 5) is 27.8. The molecule has 5 nitrogen and oxygen atoms in total. The van der Waals surface area contributed by atoms with Crippen molar-refractivity contribution in [3.63, 3.8) is 0 Å². The van der Waals surface area contributed by atoms with Crippen LogP contribution in [0, 0.1) is 0 Å². The number of hydroxylamine groups is 1. The van der Waals surface area contributed by atoms with Crippen LogP contribution in [0.25, 0.3) is 10.4 Å². The SMILES string of the molecule is O=C(NO)c1ccc(-c2ccc3c(c2)CN(C(=O)c2ccccc2)CCC3)s1. The van der Waals surface area contributed by atoms with Crippen molar-refractivity contribution in [1.29, 1.82) is 0 Å². The zero-order valence-corrected chi connectivity index (χ0v) is 16.0. The van der Waals surface area contributed by atoms with E-state index in [0.717, 1.165) is 35.4 Å². The molecule has 2 amide bonds. The highest BCUT2D eigenvalue weighted by atomic mass is 32.1. The van der Waals surface area contributed by atoms with E-state index in [1.54, 1.807) is 11.5 Å². The van der Waals surface area contributed by atoms with Crippen molar-refractivity contribution >= 4 is 23.2 Å². The van der Waals surface area contributed by atoms with Gasteiger partial charge in [-0.15, -0.1) is 11.3 Å². The summed E-state index contributed by atoms with van der Waals surface area (Å²) in [5.41, 5.74) is 5.78. The monoisotopic (exact) mass is 392 g/mol. The fourth-order valence-corrected chi connectivity index (χ4v) is 4.41. The zero-order valence-electron chi connectivity index (χ0n) is 15.2. The number of nitrogens with one attached hydrogen (secondary N) is 1. The van der Waals surface area contributed by atoms with E-state index in [2.05, 4.69) is 18.2 Å². The molecule has 2 N–H and O–H groups in total. The molecule has 0 unspecified atom stereocenters. The molecule has 1 aliphatic rings. The first-order valence-corrected chi connectivity index (χ1v) is 9.98. The van der Waals surface area contributed by atoms with Gasteiger partial charge in [0.25, 0.3) is 11.8 Å². The van der Waals surface area contributed by atoms with Gasteiger partial charge in [0.2, 0.25) is 0 Å². The summed E-state index contributed by atoms with van der Waals surface area (Å²) in [6.45, 7) is 1.31. The molecule has 28 heavy (non-hydrogen) atoms. The summed E-state index contributed by atoms with van der Waals surface area (Å²) < 4.78 is 0. The maximum atomic E-state index is 12.9. The smallest absolute Gasteiger partial charge is 0.284 e. The Labute approximate surface area is 167 Å². The summed E-state index contributed by atoms with van der Waals surface area (Å²) in [5, 5.41) is 8.80. The molecular weight excluding hydrogens is 372 g/mol. The van der Waals surface area contributed by atoms with Gasteiger partial charge in [0.05, 0.1) is 4.88 Å². The van der Waals surface area contributed by atoms with E-state index >= 15 is 0 Å². The predicted octanol–water partition coefficient (Wildman–Crippen LogP) is 4.12. The Kier molecular flexibility index (Phi) is 5.23. The van der Waals surface area contributed by atoms with Crippen LogP contribution >= 0.6 is 11.3 Å². The molecule has 0 spiro atoms. The van der Waals surface area contributed by atoms with Gasteiger partial charge in [-0.1, -0.05) is 30.3 Å². The number of rotatable bonds is 3. The van der Waals surface area contributed by atoms with E-state index in [4.69, 9.17) is 5.21 Å². The van der Waals surface area contributed by atoms with Crippen LogP contribution in [-0.4, -0.2) is 28.5 Å². The molecule has 4 rings (SSSR count). The Morgan fingerprint density at radius 2 is 1.82 bits per heavy atom. The topological polar surface area (TPSA) is 69.6 Å². The lowest BCUT2D eigenvalue weighted by atomic mass is 10.0. The predicted molar refractivity (Wildman–Crippen MR) is 109 cm³/mol. The first-order chi connectivity index (χ1) is 13.7. The molecule has 3 aromatic rings.